The van der Waals surface area contributed by atoms with Crippen LogP contribution in [0, 0.1) is 0 Å². The van der Waals surface area contributed by atoms with Crippen molar-refractivity contribution in [3.8, 4) is 0 Å². The van der Waals surface area contributed by atoms with Crippen molar-refractivity contribution in [3.63, 3.8) is 0 Å². The predicted molar refractivity (Wildman–Crippen MR) is 84.7 cm³/mol. The summed E-state index contributed by atoms with van der Waals surface area (Å²) in [6.07, 6.45) is 2.69. The van der Waals surface area contributed by atoms with Crippen LogP contribution >= 0.6 is 23.2 Å². The van der Waals surface area contributed by atoms with E-state index in [9.17, 15) is 9.90 Å². The van der Waals surface area contributed by atoms with Crippen LogP contribution in [0.4, 0.5) is 0 Å². The van der Waals surface area contributed by atoms with Crippen molar-refractivity contribution < 1.29 is 9.90 Å². The smallest absolute Gasteiger partial charge is 0.336 e. The van der Waals surface area contributed by atoms with Crippen LogP contribution in [0.1, 0.15) is 48.3 Å². The second-order valence-corrected chi connectivity index (χ2v) is 6.90. The molecule has 0 atom stereocenters. The van der Waals surface area contributed by atoms with Crippen molar-refractivity contribution in [2.45, 2.75) is 38.5 Å². The normalized spacial score (nSPS) is 16.8. The van der Waals surface area contributed by atoms with Gasteiger partial charge in [0, 0.05) is 10.8 Å². The molecule has 0 saturated heterocycles. The third-order valence-corrected chi connectivity index (χ3v) is 5.03. The van der Waals surface area contributed by atoms with Gasteiger partial charge in [-0.15, -0.1) is 0 Å². The van der Waals surface area contributed by atoms with Crippen molar-refractivity contribution in [3.05, 3.63) is 39.0 Å². The highest BCUT2D eigenvalue weighted by Gasteiger charge is 2.33. The Labute approximate surface area is 132 Å². The first-order valence-electron chi connectivity index (χ1n) is 6.87. The summed E-state index contributed by atoms with van der Waals surface area (Å²) in [6, 6.07) is 3.32. The number of hydrogen-bond donors (Lipinski definition) is 1. The summed E-state index contributed by atoms with van der Waals surface area (Å²) in [5, 5.41) is 10.9. The van der Waals surface area contributed by atoms with Crippen LogP contribution in [0.3, 0.4) is 0 Å². The van der Waals surface area contributed by atoms with E-state index in [4.69, 9.17) is 28.2 Å². The van der Waals surface area contributed by atoms with E-state index in [1.807, 2.05) is 0 Å². The van der Waals surface area contributed by atoms with Crippen LogP contribution < -0.4 is 0 Å². The molecule has 0 fully saturated rings. The minimum absolute atomic E-state index is 0.155. The first-order chi connectivity index (χ1) is 9.83. The lowest BCUT2D eigenvalue weighted by atomic mass is 9.74. The molecule has 1 aliphatic rings. The van der Waals surface area contributed by atoms with Crippen LogP contribution in [0.5, 0.6) is 0 Å². The summed E-state index contributed by atoms with van der Waals surface area (Å²) in [5.41, 5.74) is 2.32. The van der Waals surface area contributed by atoms with Gasteiger partial charge in [0.15, 0.2) is 0 Å². The molecule has 0 radical (unpaired) electrons. The molecule has 3 rings (SSSR count). The molecule has 1 heterocycles. The molecule has 0 amide bonds. The maximum Gasteiger partial charge on any atom is 0.336 e. The lowest BCUT2D eigenvalue weighted by Crippen LogP contribution is -2.27. The van der Waals surface area contributed by atoms with Crippen molar-refractivity contribution in [2.75, 3.05) is 0 Å². The third-order valence-electron chi connectivity index (χ3n) is 4.23. The topological polar surface area (TPSA) is 50.2 Å². The fourth-order valence-electron chi connectivity index (χ4n) is 3.18. The minimum Gasteiger partial charge on any atom is -0.478 e. The molecule has 21 heavy (non-hydrogen) atoms. The number of aromatic carboxylic acids is 1. The molecular weight excluding hydrogens is 309 g/mol. The number of nitrogens with zero attached hydrogens (tertiary/aromatic N) is 1. The highest BCUT2D eigenvalue weighted by Crippen LogP contribution is 2.41. The maximum absolute atomic E-state index is 11.8. The van der Waals surface area contributed by atoms with Crippen molar-refractivity contribution >= 4 is 40.1 Å². The zero-order valence-corrected chi connectivity index (χ0v) is 13.3. The molecule has 5 heteroatoms. The van der Waals surface area contributed by atoms with Crippen LogP contribution in [0.2, 0.25) is 10.0 Å². The largest absolute Gasteiger partial charge is 0.478 e. The second kappa shape index (κ2) is 4.85. The zero-order valence-electron chi connectivity index (χ0n) is 11.8. The average Bonchev–Trinajstić information content (AvgIpc) is 2.41. The van der Waals surface area contributed by atoms with Gasteiger partial charge >= 0.3 is 5.97 Å². The van der Waals surface area contributed by atoms with Gasteiger partial charge < -0.3 is 5.11 Å². The Bertz CT molecular complexity index is 769. The molecule has 1 aromatic carbocycles. The molecule has 0 saturated carbocycles. The molecular formula is C16H15Cl2NO2. The molecule has 1 aromatic heterocycles. The lowest BCUT2D eigenvalue weighted by molar-refractivity contribution is 0.0697. The number of carbonyl (C=O) groups is 1. The standard InChI is InChI=1S/C16H15Cl2NO2/c1-16(2)7-3-4-9-11(15(20)21)8-5-6-10(17)12(18)13(8)19-14(9)16/h5-6H,3-4,7H2,1-2H3,(H,20,21). The van der Waals surface area contributed by atoms with E-state index in [-0.39, 0.29) is 5.41 Å². The molecule has 0 spiro atoms. The number of carboxylic acids is 1. The summed E-state index contributed by atoms with van der Waals surface area (Å²) >= 11 is 12.3. The maximum atomic E-state index is 11.8. The second-order valence-electron chi connectivity index (χ2n) is 6.11. The minimum atomic E-state index is -0.935. The van der Waals surface area contributed by atoms with Crippen LogP contribution in [-0.2, 0) is 11.8 Å². The molecule has 3 nitrogen and oxygen atoms in total. The summed E-state index contributed by atoms with van der Waals surface area (Å²) in [4.78, 5) is 16.5. The van der Waals surface area contributed by atoms with Gasteiger partial charge in [0.2, 0.25) is 0 Å². The molecule has 0 aliphatic heterocycles. The lowest BCUT2D eigenvalue weighted by Gasteiger charge is -2.32. The highest BCUT2D eigenvalue weighted by atomic mass is 35.5. The van der Waals surface area contributed by atoms with E-state index in [1.165, 1.54) is 0 Å². The Morgan fingerprint density at radius 1 is 1.33 bits per heavy atom. The molecule has 1 N–H and O–H groups in total. The van der Waals surface area contributed by atoms with Gasteiger partial charge in [-0.2, -0.15) is 0 Å². The molecule has 110 valence electrons. The summed E-state index contributed by atoms with van der Waals surface area (Å²) in [7, 11) is 0. The van der Waals surface area contributed by atoms with E-state index in [2.05, 4.69) is 13.8 Å². The fourth-order valence-corrected chi connectivity index (χ4v) is 3.54. The van der Waals surface area contributed by atoms with E-state index in [0.29, 0.717) is 26.5 Å². The van der Waals surface area contributed by atoms with Gasteiger partial charge in [0.25, 0.3) is 0 Å². The SMILES string of the molecule is CC1(C)CCCc2c1nc1c(Cl)c(Cl)ccc1c2C(=O)O. The number of aromatic nitrogens is 1. The van der Waals surface area contributed by atoms with Gasteiger partial charge in [-0.3, -0.25) is 4.98 Å². The van der Waals surface area contributed by atoms with Gasteiger partial charge in [0.05, 0.1) is 26.8 Å². The fraction of sp³-hybridized carbons (Fsp3) is 0.375. The quantitative estimate of drug-likeness (QED) is 0.815. The van der Waals surface area contributed by atoms with Gasteiger partial charge in [0.1, 0.15) is 0 Å². The monoisotopic (exact) mass is 323 g/mol. The molecule has 2 aromatic rings. The van der Waals surface area contributed by atoms with Crippen molar-refractivity contribution in [1.29, 1.82) is 0 Å². The number of benzene rings is 1. The van der Waals surface area contributed by atoms with Crippen molar-refractivity contribution in [1.82, 2.24) is 4.98 Å². The van der Waals surface area contributed by atoms with E-state index >= 15 is 0 Å². The summed E-state index contributed by atoms with van der Waals surface area (Å²) < 4.78 is 0. The number of halogens is 2. The predicted octanol–water partition coefficient (Wildman–Crippen LogP) is 4.85. The Hall–Kier alpha value is -1.32. The number of fused-ring (bicyclic) bond motifs is 2. The summed E-state index contributed by atoms with van der Waals surface area (Å²) in [6.45, 7) is 4.18. The van der Waals surface area contributed by atoms with E-state index < -0.39 is 5.97 Å². The van der Waals surface area contributed by atoms with Gasteiger partial charge in [-0.25, -0.2) is 4.79 Å². The Kier molecular flexibility index (Phi) is 3.38. The highest BCUT2D eigenvalue weighted by molar-refractivity contribution is 6.45. The number of carboxylic acid groups (broad SMARTS) is 1. The van der Waals surface area contributed by atoms with Crippen LogP contribution in [0.25, 0.3) is 10.9 Å². The van der Waals surface area contributed by atoms with Crippen LogP contribution in [0.15, 0.2) is 12.1 Å². The van der Waals surface area contributed by atoms with Gasteiger partial charge in [-0.1, -0.05) is 43.1 Å². The molecule has 0 bridgehead atoms. The molecule has 0 unspecified atom stereocenters. The van der Waals surface area contributed by atoms with Crippen LogP contribution in [-0.4, -0.2) is 16.1 Å². The number of rotatable bonds is 1. The first-order valence-corrected chi connectivity index (χ1v) is 7.63. The third kappa shape index (κ3) is 2.19. The Morgan fingerprint density at radius 3 is 2.71 bits per heavy atom. The number of pyridine rings is 1. The van der Waals surface area contributed by atoms with Crippen molar-refractivity contribution in [2.24, 2.45) is 0 Å². The average molecular weight is 324 g/mol. The van der Waals surface area contributed by atoms with E-state index in [0.717, 1.165) is 30.5 Å². The Morgan fingerprint density at radius 2 is 2.05 bits per heavy atom. The molecule has 1 aliphatic carbocycles. The zero-order chi connectivity index (χ0) is 15.4. The Balaban J connectivity index is 2.50. The van der Waals surface area contributed by atoms with Gasteiger partial charge in [-0.05, 0) is 30.9 Å². The number of hydrogen-bond acceptors (Lipinski definition) is 2. The summed E-state index contributed by atoms with van der Waals surface area (Å²) in [5.74, 6) is -0.935. The van der Waals surface area contributed by atoms with E-state index in [1.54, 1.807) is 12.1 Å². The first kappa shape index (κ1) is 14.6.